The average molecular weight is 569 g/mol. The van der Waals surface area contributed by atoms with E-state index in [-0.39, 0.29) is 50.0 Å². The molecule has 0 saturated carbocycles. The van der Waals surface area contributed by atoms with Gasteiger partial charge in [0.25, 0.3) is 0 Å². The van der Waals surface area contributed by atoms with E-state index in [9.17, 15) is 23.9 Å². The van der Waals surface area contributed by atoms with Crippen LogP contribution in [0.5, 0.6) is 11.5 Å². The number of hydrogen-bond acceptors (Lipinski definition) is 6. The van der Waals surface area contributed by atoms with Crippen molar-refractivity contribution in [1.29, 1.82) is 0 Å². The van der Waals surface area contributed by atoms with Crippen LogP contribution in [0.2, 0.25) is 5.02 Å². The summed E-state index contributed by atoms with van der Waals surface area (Å²) in [6.07, 6.45) is 0.295. The number of benzene rings is 3. The lowest BCUT2D eigenvalue weighted by atomic mass is 10.00. The number of nitrogens with zero attached hydrogens (tertiary/aromatic N) is 2. The third-order valence-corrected chi connectivity index (χ3v) is 6.96. The highest BCUT2D eigenvalue weighted by Crippen LogP contribution is 2.33. The molecule has 2 amide bonds. The largest absolute Gasteiger partial charge is 0.493 e. The van der Waals surface area contributed by atoms with E-state index in [2.05, 4.69) is 0 Å². The lowest BCUT2D eigenvalue weighted by Crippen LogP contribution is -2.33. The van der Waals surface area contributed by atoms with Gasteiger partial charge < -0.3 is 14.6 Å². The number of ether oxygens (including phenoxy) is 2. The average Bonchev–Trinajstić information content (AvgIpc) is 3.26. The fraction of sp³-hybridized carbons (Fsp3) is 0.300. The highest BCUT2D eigenvalue weighted by molar-refractivity contribution is 6.30. The van der Waals surface area contributed by atoms with Crippen molar-refractivity contribution in [3.8, 4) is 11.5 Å². The van der Waals surface area contributed by atoms with Crippen LogP contribution in [0.15, 0.2) is 66.7 Å². The number of carbonyl (C=O) groups excluding carboxylic acids is 2. The summed E-state index contributed by atoms with van der Waals surface area (Å²) in [4.78, 5) is 38.8. The number of halogens is 2. The molecule has 1 aliphatic heterocycles. The van der Waals surface area contributed by atoms with Gasteiger partial charge in [-0.2, -0.15) is 0 Å². The fourth-order valence-corrected chi connectivity index (χ4v) is 4.82. The molecule has 1 unspecified atom stereocenters. The van der Waals surface area contributed by atoms with Gasteiger partial charge in [0.2, 0.25) is 11.8 Å². The van der Waals surface area contributed by atoms with Gasteiger partial charge in [0.15, 0.2) is 11.5 Å². The predicted octanol–water partition coefficient (Wildman–Crippen LogP) is 5.23. The Kier molecular flexibility index (Phi) is 9.74. The fourth-order valence-electron chi connectivity index (χ4n) is 4.69. The lowest BCUT2D eigenvalue weighted by Gasteiger charge is -2.32. The Morgan fingerprint density at radius 1 is 0.975 bits per heavy atom. The third kappa shape index (κ3) is 7.58. The Morgan fingerprint density at radius 3 is 2.23 bits per heavy atom. The topological polar surface area (TPSA) is 96.4 Å². The summed E-state index contributed by atoms with van der Waals surface area (Å²) in [5.74, 6) is -0.799. The Bertz CT molecular complexity index is 1330. The highest BCUT2D eigenvalue weighted by atomic mass is 35.5. The Balaban J connectivity index is 1.56. The van der Waals surface area contributed by atoms with Crippen molar-refractivity contribution in [2.45, 2.75) is 38.4 Å². The molecule has 1 N–H and O–H groups in total. The molecule has 8 nitrogen and oxygen atoms in total. The van der Waals surface area contributed by atoms with E-state index in [1.54, 1.807) is 48.5 Å². The number of carbonyl (C=O) groups is 3. The second kappa shape index (κ2) is 13.4. The summed E-state index contributed by atoms with van der Waals surface area (Å²) in [7, 11) is 1.51. The van der Waals surface area contributed by atoms with Gasteiger partial charge in [0.1, 0.15) is 12.4 Å². The molecule has 0 aliphatic carbocycles. The predicted molar refractivity (Wildman–Crippen MR) is 147 cm³/mol. The minimum absolute atomic E-state index is 0.126. The van der Waals surface area contributed by atoms with E-state index in [4.69, 9.17) is 21.1 Å². The minimum atomic E-state index is -0.958. The van der Waals surface area contributed by atoms with Gasteiger partial charge in [-0.15, -0.1) is 0 Å². The van der Waals surface area contributed by atoms with E-state index in [0.717, 1.165) is 16.7 Å². The van der Waals surface area contributed by atoms with E-state index in [1.807, 2.05) is 11.0 Å². The molecule has 1 saturated heterocycles. The molecule has 40 heavy (non-hydrogen) atoms. The summed E-state index contributed by atoms with van der Waals surface area (Å²) in [5, 5.41) is 10.3. The van der Waals surface area contributed by atoms with Gasteiger partial charge in [-0.25, -0.2) is 4.39 Å². The normalized spacial score (nSPS) is 14.1. The first-order chi connectivity index (χ1) is 19.2. The number of amides is 2. The molecule has 0 bridgehead atoms. The molecule has 0 aromatic heterocycles. The van der Waals surface area contributed by atoms with Gasteiger partial charge in [-0.1, -0.05) is 41.9 Å². The Morgan fingerprint density at radius 2 is 1.60 bits per heavy atom. The van der Waals surface area contributed by atoms with E-state index < -0.39 is 12.0 Å². The van der Waals surface area contributed by atoms with Gasteiger partial charge in [0, 0.05) is 37.0 Å². The maximum absolute atomic E-state index is 13.6. The van der Waals surface area contributed by atoms with E-state index in [0.29, 0.717) is 29.6 Å². The SMILES string of the molecule is COc1cc(CN(Cc2ccc(F)cc2)C(CC(=O)O)c2ccc(Cl)cc2)ccc1OCCN1C(=O)CCC1=O. The molecule has 3 aromatic rings. The quantitative estimate of drug-likeness (QED) is 0.282. The number of carboxylic acid groups (broad SMARTS) is 1. The minimum Gasteiger partial charge on any atom is -0.493 e. The summed E-state index contributed by atoms with van der Waals surface area (Å²) >= 11 is 6.08. The standard InChI is InChI=1S/C30H30ClFN2O6/c1-39-27-16-21(4-11-26(27)40-15-14-34-28(35)12-13-29(34)36)19-33(18-20-2-9-24(32)10-3-20)25(17-30(37)38)22-5-7-23(31)8-6-22/h2-11,16,25H,12-15,17-19H2,1H3,(H,37,38). The second-order valence-electron chi connectivity index (χ2n) is 9.47. The van der Waals surface area contributed by atoms with Crippen LogP contribution in [-0.2, 0) is 27.5 Å². The first-order valence-corrected chi connectivity index (χ1v) is 13.2. The molecule has 1 aliphatic rings. The molecule has 1 fully saturated rings. The van der Waals surface area contributed by atoms with Crippen LogP contribution in [0.1, 0.15) is 42.0 Å². The van der Waals surface area contributed by atoms with Crippen LogP contribution in [0.4, 0.5) is 4.39 Å². The van der Waals surface area contributed by atoms with Crippen molar-refractivity contribution < 1.29 is 33.4 Å². The van der Waals surface area contributed by atoms with Crippen molar-refractivity contribution in [1.82, 2.24) is 9.80 Å². The summed E-state index contributed by atoms with van der Waals surface area (Å²) < 4.78 is 24.9. The number of imide groups is 1. The number of likely N-dealkylation sites (tertiary alicyclic amines) is 1. The van der Waals surface area contributed by atoms with Crippen LogP contribution in [0.25, 0.3) is 0 Å². The van der Waals surface area contributed by atoms with Crippen molar-refractivity contribution in [3.63, 3.8) is 0 Å². The summed E-state index contributed by atoms with van der Waals surface area (Å²) in [5.41, 5.74) is 2.44. The zero-order chi connectivity index (χ0) is 28.6. The second-order valence-corrected chi connectivity index (χ2v) is 9.91. The van der Waals surface area contributed by atoms with Crippen LogP contribution in [-0.4, -0.2) is 53.0 Å². The smallest absolute Gasteiger partial charge is 0.305 e. The maximum Gasteiger partial charge on any atom is 0.305 e. The molecule has 210 valence electrons. The van der Waals surface area contributed by atoms with Gasteiger partial charge in [-0.05, 0) is 53.1 Å². The van der Waals surface area contributed by atoms with Crippen LogP contribution >= 0.6 is 11.6 Å². The van der Waals surface area contributed by atoms with Crippen molar-refractivity contribution >= 4 is 29.4 Å². The summed E-state index contributed by atoms with van der Waals surface area (Å²) in [6, 6.07) is 18.1. The Hall–Kier alpha value is -3.95. The van der Waals surface area contributed by atoms with E-state index >= 15 is 0 Å². The van der Waals surface area contributed by atoms with E-state index in [1.165, 1.54) is 24.1 Å². The molecular weight excluding hydrogens is 539 g/mol. The third-order valence-electron chi connectivity index (χ3n) is 6.70. The first-order valence-electron chi connectivity index (χ1n) is 12.8. The molecule has 3 aromatic carbocycles. The number of aliphatic carboxylic acids is 1. The van der Waals surface area contributed by atoms with Crippen molar-refractivity contribution in [2.75, 3.05) is 20.3 Å². The first kappa shape index (κ1) is 29.0. The zero-order valence-electron chi connectivity index (χ0n) is 22.0. The molecule has 1 heterocycles. The number of methoxy groups -OCH3 is 1. The molecular formula is C30H30ClFN2O6. The lowest BCUT2D eigenvalue weighted by molar-refractivity contribution is -0.140. The molecule has 0 radical (unpaired) electrons. The van der Waals surface area contributed by atoms with Gasteiger partial charge in [-0.3, -0.25) is 24.2 Å². The van der Waals surface area contributed by atoms with Crippen LogP contribution in [0.3, 0.4) is 0 Å². The zero-order valence-corrected chi connectivity index (χ0v) is 22.8. The molecule has 1 atom stereocenters. The highest BCUT2D eigenvalue weighted by Gasteiger charge is 2.28. The molecule has 10 heteroatoms. The number of hydrogen-bond donors (Lipinski definition) is 1. The molecule has 0 spiro atoms. The van der Waals surface area contributed by atoms with Gasteiger partial charge >= 0.3 is 5.97 Å². The van der Waals surface area contributed by atoms with Crippen LogP contribution in [0, 0.1) is 5.82 Å². The summed E-state index contributed by atoms with van der Waals surface area (Å²) in [6.45, 7) is 0.998. The Labute approximate surface area is 236 Å². The monoisotopic (exact) mass is 568 g/mol. The number of carboxylic acids is 1. The number of rotatable bonds is 13. The van der Waals surface area contributed by atoms with Crippen LogP contribution < -0.4 is 9.47 Å². The van der Waals surface area contributed by atoms with Crippen molar-refractivity contribution in [2.24, 2.45) is 0 Å². The maximum atomic E-state index is 13.6. The molecule has 4 rings (SSSR count). The van der Waals surface area contributed by atoms with Gasteiger partial charge in [0.05, 0.1) is 20.1 Å². The van der Waals surface area contributed by atoms with Crippen molar-refractivity contribution in [3.05, 3.63) is 94.3 Å².